The van der Waals surface area contributed by atoms with Crippen molar-refractivity contribution >= 4 is 44.2 Å². The Morgan fingerprint density at radius 3 is 2.90 bits per heavy atom. The molecule has 2 heterocycles. The number of hydrogen-bond donors (Lipinski definition) is 0. The van der Waals surface area contributed by atoms with Crippen molar-refractivity contribution in [3.63, 3.8) is 0 Å². The van der Waals surface area contributed by atoms with Gasteiger partial charge in [-0.3, -0.25) is 0 Å². The van der Waals surface area contributed by atoms with Crippen LogP contribution in [0.3, 0.4) is 0 Å². The number of thioether (sulfide) groups is 1. The fourth-order valence-electron chi connectivity index (χ4n) is 2.67. The molecule has 0 N–H and O–H groups in total. The molecule has 108 valence electrons. The van der Waals surface area contributed by atoms with Crippen LogP contribution in [0.2, 0.25) is 0 Å². The van der Waals surface area contributed by atoms with Crippen molar-refractivity contribution in [1.29, 1.82) is 0 Å². The normalized spacial score (nSPS) is 19.8. The molecule has 3 rings (SSSR count). The van der Waals surface area contributed by atoms with Gasteiger partial charge in [-0.25, -0.2) is 13.4 Å². The van der Waals surface area contributed by atoms with Crippen LogP contribution in [0.4, 0.5) is 0 Å². The lowest BCUT2D eigenvalue weighted by atomic mass is 10.2. The maximum Gasteiger partial charge on any atom is 0.177 e. The Morgan fingerprint density at radius 1 is 1.50 bits per heavy atom. The van der Waals surface area contributed by atoms with E-state index >= 15 is 0 Å². The molecule has 7 heteroatoms. The summed E-state index contributed by atoms with van der Waals surface area (Å²) in [5.41, 5.74) is 1.42. The van der Waals surface area contributed by atoms with Crippen LogP contribution in [0.5, 0.6) is 0 Å². The summed E-state index contributed by atoms with van der Waals surface area (Å²) in [5.74, 6) is 3.19. The Hall–Kier alpha value is -0.720. The molecule has 4 nitrogen and oxygen atoms in total. The fraction of sp³-hybridized carbons (Fsp3) is 0.462. The number of alkyl halides is 1. The van der Waals surface area contributed by atoms with Gasteiger partial charge in [-0.2, -0.15) is 11.8 Å². The summed E-state index contributed by atoms with van der Waals surface area (Å²) in [6.07, 6.45) is 2.29. The van der Waals surface area contributed by atoms with E-state index in [1.165, 1.54) is 6.26 Å². The largest absolute Gasteiger partial charge is 0.323 e. The van der Waals surface area contributed by atoms with Crippen LogP contribution < -0.4 is 0 Å². The van der Waals surface area contributed by atoms with Gasteiger partial charge in [-0.15, -0.1) is 11.6 Å². The van der Waals surface area contributed by atoms with Crippen molar-refractivity contribution < 1.29 is 8.42 Å². The monoisotopic (exact) mass is 330 g/mol. The summed E-state index contributed by atoms with van der Waals surface area (Å²) < 4.78 is 25.9. The van der Waals surface area contributed by atoms with Crippen LogP contribution in [-0.4, -0.2) is 35.7 Å². The number of imidazole rings is 1. The highest BCUT2D eigenvalue weighted by Gasteiger charge is 2.25. The van der Waals surface area contributed by atoms with Crippen molar-refractivity contribution in [3.05, 3.63) is 24.0 Å². The Balaban J connectivity index is 2.29. The number of nitrogens with zero attached hydrogens (tertiary/aromatic N) is 2. The van der Waals surface area contributed by atoms with Gasteiger partial charge < -0.3 is 4.57 Å². The maximum absolute atomic E-state index is 11.9. The van der Waals surface area contributed by atoms with Gasteiger partial charge in [0.15, 0.2) is 9.84 Å². The molecule has 2 aromatic rings. The standard InChI is InChI=1S/C13H15ClN2O2S2/c1-20(17,18)11-4-2-3-10-13(11)15-12(7-14)16(10)9-5-6-19-8-9/h2-4,9H,5-8H2,1H3. The number of sulfone groups is 1. The lowest BCUT2D eigenvalue weighted by Gasteiger charge is -2.14. The van der Waals surface area contributed by atoms with Gasteiger partial charge in [0.1, 0.15) is 11.3 Å². The predicted molar refractivity (Wildman–Crippen MR) is 83.4 cm³/mol. The van der Waals surface area contributed by atoms with Crippen molar-refractivity contribution in [2.45, 2.75) is 23.2 Å². The number of hydrogen-bond acceptors (Lipinski definition) is 4. The van der Waals surface area contributed by atoms with Crippen LogP contribution in [0.1, 0.15) is 18.3 Å². The minimum absolute atomic E-state index is 0.283. The minimum Gasteiger partial charge on any atom is -0.323 e. The summed E-state index contributed by atoms with van der Waals surface area (Å²) in [4.78, 5) is 4.77. The lowest BCUT2D eigenvalue weighted by molar-refractivity contribution is 0.558. The first-order chi connectivity index (χ1) is 9.52. The molecule has 1 aromatic carbocycles. The molecule has 1 aromatic heterocycles. The van der Waals surface area contributed by atoms with Crippen molar-refractivity contribution in [2.24, 2.45) is 0 Å². The van der Waals surface area contributed by atoms with Crippen LogP contribution in [0, 0.1) is 0 Å². The molecule has 0 amide bonds. The highest BCUT2D eigenvalue weighted by molar-refractivity contribution is 7.99. The lowest BCUT2D eigenvalue weighted by Crippen LogP contribution is -2.10. The first-order valence-electron chi connectivity index (χ1n) is 6.36. The number of benzene rings is 1. The van der Waals surface area contributed by atoms with Crippen molar-refractivity contribution in [3.8, 4) is 0 Å². The first kappa shape index (κ1) is 14.2. The molecular weight excluding hydrogens is 316 g/mol. The highest BCUT2D eigenvalue weighted by Crippen LogP contribution is 2.34. The molecule has 1 atom stereocenters. The Labute approximate surface area is 127 Å². The summed E-state index contributed by atoms with van der Waals surface area (Å²) in [7, 11) is -3.29. The van der Waals surface area contributed by atoms with E-state index in [1.807, 2.05) is 17.8 Å². The molecule has 1 unspecified atom stereocenters. The molecule has 1 aliphatic heterocycles. The second-order valence-corrected chi connectivity index (χ2v) is 8.35. The van der Waals surface area contributed by atoms with E-state index in [1.54, 1.807) is 12.1 Å². The SMILES string of the molecule is CS(=O)(=O)c1cccc2c1nc(CCl)n2C1CCSC1. The second kappa shape index (κ2) is 5.24. The molecule has 0 bridgehead atoms. The van der Waals surface area contributed by atoms with E-state index in [9.17, 15) is 8.42 Å². The topological polar surface area (TPSA) is 52.0 Å². The van der Waals surface area contributed by atoms with Gasteiger partial charge in [-0.05, 0) is 24.3 Å². The van der Waals surface area contributed by atoms with Gasteiger partial charge in [0.2, 0.25) is 0 Å². The zero-order valence-corrected chi connectivity index (χ0v) is 13.4. The van der Waals surface area contributed by atoms with Crippen molar-refractivity contribution in [2.75, 3.05) is 17.8 Å². The predicted octanol–water partition coefficient (Wildman–Crippen LogP) is 2.86. The van der Waals surface area contributed by atoms with Gasteiger partial charge >= 0.3 is 0 Å². The molecular formula is C13H15ClN2O2S2. The molecule has 1 aliphatic rings. The zero-order chi connectivity index (χ0) is 14.3. The smallest absolute Gasteiger partial charge is 0.177 e. The molecule has 20 heavy (non-hydrogen) atoms. The summed E-state index contributed by atoms with van der Waals surface area (Å²) in [6, 6.07) is 5.66. The van der Waals surface area contributed by atoms with Crippen LogP contribution in [0.15, 0.2) is 23.1 Å². The second-order valence-electron chi connectivity index (χ2n) is 4.95. The number of para-hydroxylation sites is 1. The fourth-order valence-corrected chi connectivity index (χ4v) is 4.88. The Kier molecular flexibility index (Phi) is 3.73. The van der Waals surface area contributed by atoms with E-state index in [-0.39, 0.29) is 4.90 Å². The van der Waals surface area contributed by atoms with E-state index < -0.39 is 9.84 Å². The molecule has 0 saturated carbocycles. The van der Waals surface area contributed by atoms with E-state index in [2.05, 4.69) is 9.55 Å². The van der Waals surface area contributed by atoms with Crippen LogP contribution in [0.25, 0.3) is 11.0 Å². The van der Waals surface area contributed by atoms with Gasteiger partial charge in [-0.1, -0.05) is 6.07 Å². The van der Waals surface area contributed by atoms with Gasteiger partial charge in [0.05, 0.1) is 16.3 Å². The average molecular weight is 331 g/mol. The number of rotatable bonds is 3. The molecule has 1 fully saturated rings. The number of fused-ring (bicyclic) bond motifs is 1. The molecule has 0 aliphatic carbocycles. The van der Waals surface area contributed by atoms with Crippen molar-refractivity contribution in [1.82, 2.24) is 9.55 Å². The quantitative estimate of drug-likeness (QED) is 0.812. The average Bonchev–Trinajstić information content (AvgIpc) is 3.02. The molecule has 0 spiro atoms. The molecule has 0 radical (unpaired) electrons. The van der Waals surface area contributed by atoms with Gasteiger partial charge in [0.25, 0.3) is 0 Å². The summed E-state index contributed by atoms with van der Waals surface area (Å²) >= 11 is 7.92. The summed E-state index contributed by atoms with van der Waals surface area (Å²) in [5, 5.41) is 0. The number of halogens is 1. The Bertz CT molecular complexity index is 749. The first-order valence-corrected chi connectivity index (χ1v) is 9.94. The van der Waals surface area contributed by atoms with Crippen LogP contribution >= 0.6 is 23.4 Å². The third-order valence-corrected chi connectivity index (χ3v) is 6.06. The number of aromatic nitrogens is 2. The van der Waals surface area contributed by atoms with E-state index in [0.29, 0.717) is 17.4 Å². The zero-order valence-electron chi connectivity index (χ0n) is 11.0. The Morgan fingerprint density at radius 2 is 2.30 bits per heavy atom. The summed E-state index contributed by atoms with van der Waals surface area (Å²) in [6.45, 7) is 0. The van der Waals surface area contributed by atoms with E-state index in [0.717, 1.165) is 29.3 Å². The maximum atomic E-state index is 11.9. The van der Waals surface area contributed by atoms with Crippen LogP contribution in [-0.2, 0) is 15.7 Å². The van der Waals surface area contributed by atoms with Gasteiger partial charge in [0, 0.05) is 18.1 Å². The molecule has 1 saturated heterocycles. The highest BCUT2D eigenvalue weighted by atomic mass is 35.5. The van der Waals surface area contributed by atoms with E-state index in [4.69, 9.17) is 11.6 Å². The minimum atomic E-state index is -3.29. The third-order valence-electron chi connectivity index (χ3n) is 3.55. The third kappa shape index (κ3) is 2.34.